The quantitative estimate of drug-likeness (QED) is 0.176. The average molecular weight is 700 g/mol. The van der Waals surface area contributed by atoms with Gasteiger partial charge in [-0.3, -0.25) is 19.1 Å². The highest BCUT2D eigenvalue weighted by Gasteiger charge is 2.29. The van der Waals surface area contributed by atoms with Gasteiger partial charge in [0.2, 0.25) is 0 Å². The van der Waals surface area contributed by atoms with E-state index in [0.717, 1.165) is 54.1 Å². The fraction of sp³-hybridized carbons (Fsp3) is 0.341. The summed E-state index contributed by atoms with van der Waals surface area (Å²) in [6.45, 7) is 7.31. The Hall–Kier alpha value is -5.26. The summed E-state index contributed by atoms with van der Waals surface area (Å²) in [5.74, 6) is -0.247. The molecule has 2 atom stereocenters. The molecule has 52 heavy (non-hydrogen) atoms. The second-order valence-electron chi connectivity index (χ2n) is 14.6. The van der Waals surface area contributed by atoms with Gasteiger partial charge in [0, 0.05) is 44.2 Å². The highest BCUT2D eigenvalue weighted by atomic mass is 19.1. The van der Waals surface area contributed by atoms with Crippen molar-refractivity contribution in [1.29, 1.82) is 0 Å². The summed E-state index contributed by atoms with van der Waals surface area (Å²) in [5, 5.41) is 3.63. The molecule has 0 bridgehead atoms. The molecule has 8 rings (SSSR count). The van der Waals surface area contributed by atoms with Crippen LogP contribution in [0.3, 0.4) is 0 Å². The topological polar surface area (TPSA) is 118 Å². The van der Waals surface area contributed by atoms with Gasteiger partial charge in [0.1, 0.15) is 5.82 Å². The van der Waals surface area contributed by atoms with Crippen molar-refractivity contribution >= 4 is 27.9 Å². The Bertz CT molecular complexity index is 2350. The van der Waals surface area contributed by atoms with E-state index in [1.807, 2.05) is 48.5 Å². The van der Waals surface area contributed by atoms with Crippen molar-refractivity contribution in [2.24, 2.45) is 5.92 Å². The lowest BCUT2D eigenvalue weighted by atomic mass is 9.83. The number of carbonyl (C=O) groups excluding carboxylic acids is 1. The van der Waals surface area contributed by atoms with Crippen LogP contribution in [0.2, 0.25) is 0 Å². The van der Waals surface area contributed by atoms with Gasteiger partial charge in [-0.15, -0.1) is 0 Å². The number of rotatable bonds is 8. The molecule has 0 radical (unpaired) electrons. The van der Waals surface area contributed by atoms with E-state index >= 15 is 0 Å². The zero-order valence-corrected chi connectivity index (χ0v) is 29.4. The van der Waals surface area contributed by atoms with Crippen LogP contribution in [-0.4, -0.2) is 59.9 Å². The third kappa shape index (κ3) is 6.73. The Kier molecular flexibility index (Phi) is 9.15. The number of ketones is 1. The van der Waals surface area contributed by atoms with E-state index in [1.54, 1.807) is 0 Å². The SMILES string of the molecule is C[C@@H]1CN(Cc2ccc(-c3cccc(-n4c(=O)n(C5CCC(CC(=O)c6nc7ccccc7[nH]6)CC5)c(=O)c5cc(F)cnc54)c3)cc2)C[C@H](C)N1. The third-order valence-electron chi connectivity index (χ3n) is 10.6. The predicted molar refractivity (Wildman–Crippen MR) is 200 cm³/mol. The molecule has 0 unspecified atom stereocenters. The summed E-state index contributed by atoms with van der Waals surface area (Å²) in [5.41, 5.74) is 4.30. The van der Waals surface area contributed by atoms with Gasteiger partial charge >= 0.3 is 5.69 Å². The van der Waals surface area contributed by atoms with Crippen molar-refractivity contribution in [2.75, 3.05) is 13.1 Å². The minimum absolute atomic E-state index is 0.0492. The van der Waals surface area contributed by atoms with Gasteiger partial charge in [-0.1, -0.05) is 48.5 Å². The number of nitrogens with one attached hydrogen (secondary N) is 2. The van der Waals surface area contributed by atoms with Crippen LogP contribution in [0.15, 0.2) is 94.6 Å². The Balaban J connectivity index is 1.05. The number of piperazine rings is 1. The first kappa shape index (κ1) is 33.9. The van der Waals surface area contributed by atoms with Gasteiger partial charge in [0.15, 0.2) is 17.3 Å². The number of imidazole rings is 1. The molecular formula is C41H42FN7O3. The number of pyridine rings is 1. The van der Waals surface area contributed by atoms with Crippen molar-refractivity contribution in [3.05, 3.63) is 123 Å². The highest BCUT2D eigenvalue weighted by Crippen LogP contribution is 2.34. The monoisotopic (exact) mass is 699 g/mol. The summed E-state index contributed by atoms with van der Waals surface area (Å²) in [6.07, 6.45) is 3.79. The smallest absolute Gasteiger partial charge is 0.335 e. The number of Topliss-reactive ketones (excluding diaryl/α,β-unsaturated/α-hetero) is 1. The molecular weight excluding hydrogens is 657 g/mol. The predicted octanol–water partition coefficient (Wildman–Crippen LogP) is 6.42. The standard InChI is InChI=1S/C41H42FN7O3/c1-25-22-47(23-26(2)44-25)24-28-10-14-29(15-11-28)30-6-5-7-33(19-30)48-39-34(20-31(42)21-43-39)40(51)49(41(48)52)32-16-12-27(13-17-32)18-37(50)38-45-35-8-3-4-9-36(35)46-38/h3-11,14-15,19-21,25-27,32,44H,12-13,16-18,22-24H2,1-2H3,(H,45,46)/t25-,26+,27?,32?. The van der Waals surface area contributed by atoms with Crippen molar-refractivity contribution in [3.8, 4) is 16.8 Å². The van der Waals surface area contributed by atoms with Gasteiger partial charge in [-0.05, 0) is 92.5 Å². The van der Waals surface area contributed by atoms with Crippen molar-refractivity contribution in [2.45, 2.75) is 70.6 Å². The normalized spacial score (nSPS) is 21.1. The van der Waals surface area contributed by atoms with E-state index in [4.69, 9.17) is 0 Å². The lowest BCUT2D eigenvalue weighted by Crippen LogP contribution is -2.53. The maximum Gasteiger partial charge on any atom is 0.337 e. The molecule has 6 aromatic rings. The fourth-order valence-electron chi connectivity index (χ4n) is 8.24. The molecule has 1 aliphatic carbocycles. The Morgan fingerprint density at radius 1 is 0.885 bits per heavy atom. The van der Waals surface area contributed by atoms with Crippen LogP contribution >= 0.6 is 0 Å². The van der Waals surface area contributed by atoms with E-state index in [0.29, 0.717) is 55.7 Å². The van der Waals surface area contributed by atoms with Crippen LogP contribution in [-0.2, 0) is 6.54 Å². The second kappa shape index (κ2) is 14.0. The molecule has 2 fully saturated rings. The number of fused-ring (bicyclic) bond motifs is 2. The molecule has 1 aliphatic heterocycles. The van der Waals surface area contributed by atoms with Gasteiger partial charge in [-0.2, -0.15) is 0 Å². The molecule has 10 nitrogen and oxygen atoms in total. The molecule has 4 heterocycles. The minimum Gasteiger partial charge on any atom is -0.335 e. The van der Waals surface area contributed by atoms with Crippen LogP contribution in [0, 0.1) is 11.7 Å². The summed E-state index contributed by atoms with van der Waals surface area (Å²) in [6, 6.07) is 25.3. The molecule has 2 N–H and O–H groups in total. The molecule has 3 aromatic carbocycles. The molecule has 3 aromatic heterocycles. The lowest BCUT2D eigenvalue weighted by molar-refractivity contribution is 0.0934. The summed E-state index contributed by atoms with van der Waals surface area (Å²) >= 11 is 0. The zero-order valence-electron chi connectivity index (χ0n) is 29.4. The fourth-order valence-corrected chi connectivity index (χ4v) is 8.24. The lowest BCUT2D eigenvalue weighted by Gasteiger charge is -2.36. The van der Waals surface area contributed by atoms with Crippen molar-refractivity contribution in [1.82, 2.24) is 34.3 Å². The Labute approximate surface area is 300 Å². The maximum absolute atomic E-state index is 14.6. The first-order valence-corrected chi connectivity index (χ1v) is 18.2. The van der Waals surface area contributed by atoms with Gasteiger partial charge < -0.3 is 10.3 Å². The second-order valence-corrected chi connectivity index (χ2v) is 14.6. The van der Waals surface area contributed by atoms with Crippen molar-refractivity contribution < 1.29 is 9.18 Å². The number of carbonyl (C=O) groups is 1. The van der Waals surface area contributed by atoms with Gasteiger partial charge in [0.05, 0.1) is 28.3 Å². The number of benzene rings is 3. The van der Waals surface area contributed by atoms with E-state index in [1.165, 1.54) is 14.7 Å². The van der Waals surface area contributed by atoms with Crippen LogP contribution in [0.4, 0.5) is 4.39 Å². The third-order valence-corrected chi connectivity index (χ3v) is 10.6. The van der Waals surface area contributed by atoms with Crippen LogP contribution in [0.5, 0.6) is 0 Å². The average Bonchev–Trinajstić information content (AvgIpc) is 3.58. The van der Waals surface area contributed by atoms with E-state index < -0.39 is 23.1 Å². The molecule has 2 aliphatic rings. The number of hydrogen-bond donors (Lipinski definition) is 2. The number of aromatic nitrogens is 5. The number of halogens is 1. The molecule has 1 saturated carbocycles. The molecule has 266 valence electrons. The Morgan fingerprint density at radius 2 is 1.63 bits per heavy atom. The summed E-state index contributed by atoms with van der Waals surface area (Å²) < 4.78 is 17.3. The molecule has 11 heteroatoms. The molecule has 1 saturated heterocycles. The zero-order chi connectivity index (χ0) is 35.9. The molecule has 0 amide bonds. The van der Waals surface area contributed by atoms with Gasteiger partial charge in [0.25, 0.3) is 5.56 Å². The van der Waals surface area contributed by atoms with Crippen molar-refractivity contribution in [3.63, 3.8) is 0 Å². The largest absolute Gasteiger partial charge is 0.337 e. The maximum atomic E-state index is 14.6. The number of nitrogens with zero attached hydrogens (tertiary/aromatic N) is 5. The summed E-state index contributed by atoms with van der Waals surface area (Å²) in [4.78, 5) is 55.7. The number of para-hydroxylation sites is 2. The molecule has 0 spiro atoms. The number of aromatic amines is 1. The number of H-pyrrole nitrogens is 1. The summed E-state index contributed by atoms with van der Waals surface area (Å²) in [7, 11) is 0. The Morgan fingerprint density at radius 3 is 2.38 bits per heavy atom. The first-order chi connectivity index (χ1) is 25.2. The van der Waals surface area contributed by atoms with Crippen LogP contribution in [0.1, 0.15) is 68.2 Å². The first-order valence-electron chi connectivity index (χ1n) is 18.2. The number of hydrogen-bond acceptors (Lipinski definition) is 7. The van der Waals surface area contributed by atoms with E-state index in [2.05, 4.69) is 63.3 Å². The highest BCUT2D eigenvalue weighted by molar-refractivity contribution is 5.95. The van der Waals surface area contributed by atoms with E-state index in [9.17, 15) is 18.8 Å². The van der Waals surface area contributed by atoms with Gasteiger partial charge in [-0.25, -0.2) is 23.7 Å². The van der Waals surface area contributed by atoms with Crippen LogP contribution < -0.4 is 16.6 Å². The van der Waals surface area contributed by atoms with E-state index in [-0.39, 0.29) is 22.7 Å². The minimum atomic E-state index is -0.646. The van der Waals surface area contributed by atoms with Crippen LogP contribution in [0.25, 0.3) is 38.9 Å².